The Kier molecular flexibility index (Phi) is 4.89. The van der Waals surface area contributed by atoms with Crippen molar-refractivity contribution in [3.8, 4) is 5.75 Å². The van der Waals surface area contributed by atoms with Gasteiger partial charge in [0.15, 0.2) is 0 Å². The fourth-order valence-electron chi connectivity index (χ4n) is 3.54. The predicted octanol–water partition coefficient (Wildman–Crippen LogP) is 3.04. The van der Waals surface area contributed by atoms with E-state index in [2.05, 4.69) is 4.72 Å². The highest BCUT2D eigenvalue weighted by Gasteiger charge is 2.30. The molecule has 6 nitrogen and oxygen atoms in total. The summed E-state index contributed by atoms with van der Waals surface area (Å²) in [5.74, 6) is 0.593. The first-order chi connectivity index (χ1) is 13.4. The zero-order chi connectivity index (χ0) is 19.9. The molecule has 0 aromatic heterocycles. The molecule has 1 amide bonds. The first kappa shape index (κ1) is 19.0. The van der Waals surface area contributed by atoms with Crippen molar-refractivity contribution >= 4 is 21.6 Å². The van der Waals surface area contributed by atoms with Crippen LogP contribution in [0.4, 0.5) is 5.69 Å². The van der Waals surface area contributed by atoms with Crippen molar-refractivity contribution in [3.63, 3.8) is 0 Å². The molecule has 7 heteroatoms. The standard InChI is InChI=1S/C21H24N2O4S/c1-14-5-9-18(28(25,26)22-16-6-7-16)13-19(14)21(24)23-11-3-4-15-12-17(27-2)8-10-20(15)23/h5,8-10,12-13,16,22H,3-4,6-7,11H2,1-2H3. The Labute approximate surface area is 165 Å². The summed E-state index contributed by atoms with van der Waals surface area (Å²) >= 11 is 0. The second kappa shape index (κ2) is 7.22. The van der Waals surface area contributed by atoms with Gasteiger partial charge in [-0.1, -0.05) is 6.07 Å². The van der Waals surface area contributed by atoms with Gasteiger partial charge in [-0.05, 0) is 74.1 Å². The quantitative estimate of drug-likeness (QED) is 0.837. The van der Waals surface area contributed by atoms with Crippen LogP contribution in [-0.4, -0.2) is 34.0 Å². The molecule has 2 aliphatic rings. The van der Waals surface area contributed by atoms with Crippen LogP contribution in [0.15, 0.2) is 41.3 Å². The summed E-state index contributed by atoms with van der Waals surface area (Å²) in [6.45, 7) is 2.44. The van der Waals surface area contributed by atoms with Gasteiger partial charge in [0.05, 0.1) is 12.0 Å². The third-order valence-electron chi connectivity index (χ3n) is 5.30. The third-order valence-corrected chi connectivity index (χ3v) is 6.82. The van der Waals surface area contributed by atoms with Crippen molar-refractivity contribution in [2.24, 2.45) is 0 Å². The average Bonchev–Trinajstić information content (AvgIpc) is 3.50. The number of anilines is 1. The maximum atomic E-state index is 13.3. The molecule has 0 atom stereocenters. The highest BCUT2D eigenvalue weighted by Crippen LogP contribution is 2.32. The second-order valence-corrected chi connectivity index (χ2v) is 9.14. The van der Waals surface area contributed by atoms with Crippen molar-refractivity contribution in [3.05, 3.63) is 53.1 Å². The van der Waals surface area contributed by atoms with Crippen LogP contribution in [0.25, 0.3) is 0 Å². The minimum Gasteiger partial charge on any atom is -0.497 e. The van der Waals surface area contributed by atoms with E-state index in [1.54, 1.807) is 24.1 Å². The number of nitrogens with zero attached hydrogens (tertiary/aromatic N) is 1. The molecular weight excluding hydrogens is 376 g/mol. The number of fused-ring (bicyclic) bond motifs is 1. The van der Waals surface area contributed by atoms with E-state index in [1.807, 2.05) is 25.1 Å². The van der Waals surface area contributed by atoms with Crippen molar-refractivity contribution in [2.75, 3.05) is 18.6 Å². The van der Waals surface area contributed by atoms with Crippen LogP contribution in [-0.2, 0) is 16.4 Å². The molecule has 1 heterocycles. The molecule has 1 aliphatic carbocycles. The van der Waals surface area contributed by atoms with Crippen LogP contribution in [0.5, 0.6) is 5.75 Å². The van der Waals surface area contributed by atoms with Crippen LogP contribution in [0.3, 0.4) is 0 Å². The zero-order valence-electron chi connectivity index (χ0n) is 16.1. The van der Waals surface area contributed by atoms with Gasteiger partial charge in [-0.15, -0.1) is 0 Å². The summed E-state index contributed by atoms with van der Waals surface area (Å²) in [6, 6.07) is 10.5. The van der Waals surface area contributed by atoms with Gasteiger partial charge in [0, 0.05) is 23.8 Å². The first-order valence-corrected chi connectivity index (χ1v) is 11.0. The van der Waals surface area contributed by atoms with Crippen LogP contribution in [0.1, 0.15) is 40.7 Å². The van der Waals surface area contributed by atoms with Gasteiger partial charge in [-0.3, -0.25) is 4.79 Å². The number of hydrogen-bond donors (Lipinski definition) is 1. The number of nitrogens with one attached hydrogen (secondary N) is 1. The predicted molar refractivity (Wildman–Crippen MR) is 108 cm³/mol. The van der Waals surface area contributed by atoms with Crippen molar-refractivity contribution in [1.82, 2.24) is 4.72 Å². The van der Waals surface area contributed by atoms with Gasteiger partial charge in [0.1, 0.15) is 5.75 Å². The lowest BCUT2D eigenvalue weighted by molar-refractivity contribution is 0.0984. The van der Waals surface area contributed by atoms with E-state index in [9.17, 15) is 13.2 Å². The summed E-state index contributed by atoms with van der Waals surface area (Å²) in [4.78, 5) is 15.2. The summed E-state index contributed by atoms with van der Waals surface area (Å²) in [5.41, 5.74) is 3.11. The monoisotopic (exact) mass is 400 g/mol. The Balaban J connectivity index is 1.68. The minimum atomic E-state index is -3.61. The van der Waals surface area contributed by atoms with Crippen molar-refractivity contribution in [1.29, 1.82) is 0 Å². The number of benzene rings is 2. The molecule has 0 spiro atoms. The van der Waals surface area contributed by atoms with Gasteiger partial charge >= 0.3 is 0 Å². The van der Waals surface area contributed by atoms with Crippen molar-refractivity contribution < 1.29 is 17.9 Å². The summed E-state index contributed by atoms with van der Waals surface area (Å²) in [6.07, 6.45) is 3.47. The maximum absolute atomic E-state index is 13.3. The number of amides is 1. The number of aryl methyl sites for hydroxylation is 2. The Hall–Kier alpha value is -2.38. The highest BCUT2D eigenvalue weighted by atomic mass is 32.2. The summed E-state index contributed by atoms with van der Waals surface area (Å²) in [5, 5.41) is 0. The van der Waals surface area contributed by atoms with Gasteiger partial charge in [-0.2, -0.15) is 0 Å². The third kappa shape index (κ3) is 3.64. The smallest absolute Gasteiger partial charge is 0.258 e. The molecule has 1 saturated carbocycles. The normalized spacial score (nSPS) is 16.6. The molecular formula is C21H24N2O4S. The topological polar surface area (TPSA) is 75.7 Å². The van der Waals surface area contributed by atoms with E-state index in [1.165, 1.54) is 6.07 Å². The average molecular weight is 401 g/mol. The van der Waals surface area contributed by atoms with Crippen LogP contribution >= 0.6 is 0 Å². The fourth-order valence-corrected chi connectivity index (χ4v) is 4.87. The largest absolute Gasteiger partial charge is 0.497 e. The molecule has 148 valence electrons. The molecule has 28 heavy (non-hydrogen) atoms. The summed E-state index contributed by atoms with van der Waals surface area (Å²) < 4.78 is 33.1. The number of carbonyl (C=O) groups excluding carboxylic acids is 1. The van der Waals surface area contributed by atoms with E-state index < -0.39 is 10.0 Å². The van der Waals surface area contributed by atoms with Gasteiger partial charge in [0.25, 0.3) is 5.91 Å². The molecule has 1 N–H and O–H groups in total. The van der Waals surface area contributed by atoms with Gasteiger partial charge < -0.3 is 9.64 Å². The van der Waals surface area contributed by atoms with Crippen molar-refractivity contribution in [2.45, 2.75) is 43.5 Å². The number of rotatable bonds is 5. The minimum absolute atomic E-state index is 0.0226. The molecule has 2 aromatic rings. The molecule has 0 radical (unpaired) electrons. The lowest BCUT2D eigenvalue weighted by Crippen LogP contribution is -2.36. The Morgan fingerprint density at radius 3 is 2.68 bits per heavy atom. The highest BCUT2D eigenvalue weighted by molar-refractivity contribution is 7.89. The number of sulfonamides is 1. The summed E-state index contributed by atoms with van der Waals surface area (Å²) in [7, 11) is -1.98. The lowest BCUT2D eigenvalue weighted by Gasteiger charge is -2.30. The maximum Gasteiger partial charge on any atom is 0.258 e. The van der Waals surface area contributed by atoms with E-state index in [0.29, 0.717) is 12.1 Å². The lowest BCUT2D eigenvalue weighted by atomic mass is 9.99. The molecule has 0 bridgehead atoms. The molecule has 4 rings (SSSR count). The molecule has 1 aliphatic heterocycles. The van der Waals surface area contributed by atoms with E-state index in [-0.39, 0.29) is 16.8 Å². The van der Waals surface area contributed by atoms with E-state index in [0.717, 1.165) is 48.2 Å². The number of ether oxygens (including phenoxy) is 1. The first-order valence-electron chi connectivity index (χ1n) is 9.51. The van der Waals surface area contributed by atoms with Gasteiger partial charge in [-0.25, -0.2) is 13.1 Å². The SMILES string of the molecule is COc1ccc2c(c1)CCCN2C(=O)c1cc(S(=O)(=O)NC2CC2)ccc1C. The number of methoxy groups -OCH3 is 1. The van der Waals surface area contributed by atoms with Crippen LogP contribution in [0.2, 0.25) is 0 Å². The second-order valence-electron chi connectivity index (χ2n) is 7.43. The fraction of sp³-hybridized carbons (Fsp3) is 0.381. The Bertz CT molecular complexity index is 1030. The molecule has 0 unspecified atom stereocenters. The number of hydrogen-bond acceptors (Lipinski definition) is 4. The Morgan fingerprint density at radius 2 is 1.96 bits per heavy atom. The zero-order valence-corrected chi connectivity index (χ0v) is 16.9. The van der Waals surface area contributed by atoms with Crippen LogP contribution in [0, 0.1) is 6.92 Å². The number of carbonyl (C=O) groups is 1. The molecule has 1 fully saturated rings. The molecule has 0 saturated heterocycles. The van der Waals surface area contributed by atoms with E-state index >= 15 is 0 Å². The van der Waals surface area contributed by atoms with E-state index in [4.69, 9.17) is 4.74 Å². The molecule has 2 aromatic carbocycles. The Morgan fingerprint density at radius 1 is 1.18 bits per heavy atom. The van der Waals surface area contributed by atoms with Gasteiger partial charge in [0.2, 0.25) is 10.0 Å². The van der Waals surface area contributed by atoms with Crippen LogP contribution < -0.4 is 14.4 Å².